The predicted molar refractivity (Wildman–Crippen MR) is 103 cm³/mol. The zero-order chi connectivity index (χ0) is 20.0. The number of hydrogen-bond donors (Lipinski definition) is 4. The minimum absolute atomic E-state index is 0.000675. The molecule has 27 heavy (non-hydrogen) atoms. The van der Waals surface area contributed by atoms with Crippen LogP contribution in [-0.2, 0) is 0 Å². The van der Waals surface area contributed by atoms with Gasteiger partial charge in [-0.15, -0.1) is 0 Å². The molecule has 8 nitrogen and oxygen atoms in total. The number of amides is 1. The standard InChI is InChI=1S/C18H25FN6O2/c1-4-13(20)14(5-2)24-18-12(19)9-11(16(21)26)17(25-18)23-10-6-7-22-15(8-10)27-3/h6-9,13-14H,4-5,20H2,1-3H3,(H2,21,26)(H2,22,23,24,25)/t13-,14+/m0/s1. The van der Waals surface area contributed by atoms with E-state index in [-0.39, 0.29) is 29.3 Å². The summed E-state index contributed by atoms with van der Waals surface area (Å²) in [6, 6.07) is 4.01. The van der Waals surface area contributed by atoms with Crippen molar-refractivity contribution in [1.82, 2.24) is 9.97 Å². The third-order valence-corrected chi connectivity index (χ3v) is 4.20. The molecule has 0 aromatic carbocycles. The summed E-state index contributed by atoms with van der Waals surface area (Å²) in [5, 5.41) is 5.98. The van der Waals surface area contributed by atoms with Gasteiger partial charge in [0.25, 0.3) is 5.91 Å². The van der Waals surface area contributed by atoms with Crippen molar-refractivity contribution in [1.29, 1.82) is 0 Å². The Bertz CT molecular complexity index is 801. The van der Waals surface area contributed by atoms with Crippen molar-refractivity contribution < 1.29 is 13.9 Å². The predicted octanol–water partition coefficient (Wildman–Crippen LogP) is 2.39. The molecule has 0 bridgehead atoms. The maximum atomic E-state index is 14.5. The molecule has 0 saturated heterocycles. The highest BCUT2D eigenvalue weighted by molar-refractivity contribution is 5.98. The highest BCUT2D eigenvalue weighted by Gasteiger charge is 2.20. The van der Waals surface area contributed by atoms with E-state index in [1.807, 2.05) is 13.8 Å². The van der Waals surface area contributed by atoms with E-state index >= 15 is 0 Å². The molecule has 2 aromatic rings. The number of pyridine rings is 2. The summed E-state index contributed by atoms with van der Waals surface area (Å²) in [7, 11) is 1.49. The summed E-state index contributed by atoms with van der Waals surface area (Å²) in [6.45, 7) is 3.91. The number of nitrogens with one attached hydrogen (secondary N) is 2. The lowest BCUT2D eigenvalue weighted by molar-refractivity contribution is 0.100. The van der Waals surface area contributed by atoms with E-state index in [0.29, 0.717) is 18.0 Å². The number of ether oxygens (including phenoxy) is 1. The van der Waals surface area contributed by atoms with E-state index in [2.05, 4.69) is 20.6 Å². The van der Waals surface area contributed by atoms with E-state index in [0.717, 1.165) is 12.5 Å². The summed E-state index contributed by atoms with van der Waals surface area (Å²) >= 11 is 0. The second kappa shape index (κ2) is 9.13. The summed E-state index contributed by atoms with van der Waals surface area (Å²) in [4.78, 5) is 20.0. The van der Waals surface area contributed by atoms with Gasteiger partial charge in [0.15, 0.2) is 11.6 Å². The Hall–Kier alpha value is -2.94. The molecular formula is C18H25FN6O2. The molecule has 1 amide bonds. The maximum absolute atomic E-state index is 14.5. The first kappa shape index (κ1) is 20.4. The van der Waals surface area contributed by atoms with Gasteiger partial charge in [-0.2, -0.15) is 0 Å². The molecule has 0 aliphatic carbocycles. The average Bonchev–Trinajstić information content (AvgIpc) is 2.67. The molecule has 2 aromatic heterocycles. The van der Waals surface area contributed by atoms with Crippen molar-refractivity contribution in [3.05, 3.63) is 35.8 Å². The number of nitrogens with two attached hydrogens (primary N) is 2. The van der Waals surface area contributed by atoms with Crippen molar-refractivity contribution in [3.63, 3.8) is 0 Å². The summed E-state index contributed by atoms with van der Waals surface area (Å²) in [6.07, 6.45) is 2.95. The van der Waals surface area contributed by atoms with Gasteiger partial charge in [-0.3, -0.25) is 4.79 Å². The third kappa shape index (κ3) is 5.04. The Kier molecular flexibility index (Phi) is 6.89. The molecular weight excluding hydrogens is 351 g/mol. The molecule has 0 unspecified atom stereocenters. The van der Waals surface area contributed by atoms with E-state index in [4.69, 9.17) is 16.2 Å². The number of carbonyl (C=O) groups excluding carboxylic acids is 1. The monoisotopic (exact) mass is 376 g/mol. The highest BCUT2D eigenvalue weighted by atomic mass is 19.1. The molecule has 6 N–H and O–H groups in total. The first-order valence-corrected chi connectivity index (χ1v) is 8.69. The van der Waals surface area contributed by atoms with Gasteiger partial charge in [-0.05, 0) is 25.0 Å². The van der Waals surface area contributed by atoms with Crippen molar-refractivity contribution >= 4 is 23.2 Å². The van der Waals surface area contributed by atoms with Gasteiger partial charge in [-0.25, -0.2) is 14.4 Å². The van der Waals surface area contributed by atoms with Crippen LogP contribution in [0.1, 0.15) is 37.0 Å². The zero-order valence-electron chi connectivity index (χ0n) is 15.6. The molecule has 2 rings (SSSR count). The van der Waals surface area contributed by atoms with Gasteiger partial charge in [0.2, 0.25) is 5.88 Å². The van der Waals surface area contributed by atoms with Crippen LogP contribution in [0.3, 0.4) is 0 Å². The quantitative estimate of drug-likeness (QED) is 0.529. The zero-order valence-corrected chi connectivity index (χ0v) is 15.6. The molecule has 0 aliphatic rings. The topological polar surface area (TPSA) is 128 Å². The molecule has 2 atom stereocenters. The Morgan fingerprint density at radius 1 is 1.30 bits per heavy atom. The van der Waals surface area contributed by atoms with Crippen LogP contribution in [0.25, 0.3) is 0 Å². The van der Waals surface area contributed by atoms with E-state index in [1.54, 1.807) is 12.1 Å². The lowest BCUT2D eigenvalue weighted by atomic mass is 10.0. The van der Waals surface area contributed by atoms with Crippen molar-refractivity contribution in [2.45, 2.75) is 38.8 Å². The number of anilines is 3. The lowest BCUT2D eigenvalue weighted by Crippen LogP contribution is -2.39. The third-order valence-electron chi connectivity index (χ3n) is 4.20. The largest absolute Gasteiger partial charge is 0.481 e. The summed E-state index contributed by atoms with van der Waals surface area (Å²) in [5.74, 6) is -0.975. The number of methoxy groups -OCH3 is 1. The Labute approximate surface area is 157 Å². The van der Waals surface area contributed by atoms with Crippen LogP contribution in [-0.4, -0.2) is 35.1 Å². The molecule has 0 aliphatic heterocycles. The minimum Gasteiger partial charge on any atom is -0.481 e. The fourth-order valence-corrected chi connectivity index (χ4v) is 2.58. The van der Waals surface area contributed by atoms with E-state index in [1.165, 1.54) is 13.3 Å². The van der Waals surface area contributed by atoms with Gasteiger partial charge >= 0.3 is 0 Å². The number of rotatable bonds is 9. The first-order valence-electron chi connectivity index (χ1n) is 8.69. The van der Waals surface area contributed by atoms with E-state index < -0.39 is 11.7 Å². The molecule has 0 saturated carbocycles. The second-order valence-corrected chi connectivity index (χ2v) is 6.02. The minimum atomic E-state index is -0.797. The van der Waals surface area contributed by atoms with Crippen LogP contribution in [0.4, 0.5) is 21.7 Å². The number of carbonyl (C=O) groups is 1. The lowest BCUT2D eigenvalue weighted by Gasteiger charge is -2.24. The number of primary amides is 1. The molecule has 0 fully saturated rings. The van der Waals surface area contributed by atoms with E-state index in [9.17, 15) is 9.18 Å². The van der Waals surface area contributed by atoms with Crippen LogP contribution >= 0.6 is 0 Å². The molecule has 9 heteroatoms. The van der Waals surface area contributed by atoms with Crippen LogP contribution in [0, 0.1) is 5.82 Å². The number of nitrogens with zero attached hydrogens (tertiary/aromatic N) is 2. The second-order valence-electron chi connectivity index (χ2n) is 6.02. The smallest absolute Gasteiger partial charge is 0.252 e. The number of aromatic nitrogens is 2. The maximum Gasteiger partial charge on any atom is 0.252 e. The first-order chi connectivity index (χ1) is 12.9. The van der Waals surface area contributed by atoms with Crippen LogP contribution in [0.15, 0.2) is 24.4 Å². The van der Waals surface area contributed by atoms with Gasteiger partial charge in [0.05, 0.1) is 12.7 Å². The number of halogens is 1. The Morgan fingerprint density at radius 2 is 2.04 bits per heavy atom. The summed E-state index contributed by atoms with van der Waals surface area (Å²) in [5.41, 5.74) is 11.9. The van der Waals surface area contributed by atoms with Gasteiger partial charge in [0.1, 0.15) is 5.82 Å². The van der Waals surface area contributed by atoms with Gasteiger partial charge in [0, 0.05) is 30.0 Å². The van der Waals surface area contributed by atoms with Crippen molar-refractivity contribution in [3.8, 4) is 5.88 Å². The molecule has 2 heterocycles. The fourth-order valence-electron chi connectivity index (χ4n) is 2.58. The van der Waals surface area contributed by atoms with Gasteiger partial charge in [-0.1, -0.05) is 13.8 Å². The normalized spacial score (nSPS) is 12.9. The fraction of sp³-hybridized carbons (Fsp3) is 0.389. The average molecular weight is 376 g/mol. The summed E-state index contributed by atoms with van der Waals surface area (Å²) < 4.78 is 19.6. The molecule has 0 spiro atoms. The van der Waals surface area contributed by atoms with Crippen LogP contribution < -0.4 is 26.8 Å². The van der Waals surface area contributed by atoms with Crippen LogP contribution in [0.5, 0.6) is 5.88 Å². The molecule has 146 valence electrons. The van der Waals surface area contributed by atoms with Gasteiger partial charge < -0.3 is 26.8 Å². The SMILES string of the molecule is CC[C@H](N)[C@@H](CC)Nc1nc(Nc2ccnc(OC)c2)c(C(N)=O)cc1F. The highest BCUT2D eigenvalue weighted by Crippen LogP contribution is 2.25. The molecule has 0 radical (unpaired) electrons. The Morgan fingerprint density at radius 3 is 2.63 bits per heavy atom. The van der Waals surface area contributed by atoms with Crippen molar-refractivity contribution in [2.75, 3.05) is 17.7 Å². The van der Waals surface area contributed by atoms with Crippen molar-refractivity contribution in [2.24, 2.45) is 11.5 Å². The Balaban J connectivity index is 2.40. The van der Waals surface area contributed by atoms with Crippen LogP contribution in [0.2, 0.25) is 0 Å². The number of hydrogen-bond acceptors (Lipinski definition) is 7.